The van der Waals surface area contributed by atoms with E-state index in [9.17, 15) is 9.90 Å². The van der Waals surface area contributed by atoms with Gasteiger partial charge < -0.3 is 9.90 Å². The number of rotatable bonds is 1. The average Bonchev–Trinajstić information content (AvgIpc) is 2.12. The first-order valence-corrected chi connectivity index (χ1v) is 2.01. The Morgan fingerprint density at radius 2 is 2.44 bits per heavy atom. The van der Waals surface area contributed by atoms with Crippen molar-refractivity contribution in [3.05, 3.63) is 18.0 Å². The largest absolute Gasteiger partial charge is 1.00 e. The summed E-state index contributed by atoms with van der Waals surface area (Å²) in [6.07, 6.45) is 1.35. The number of aromatic nitrogens is 2. The van der Waals surface area contributed by atoms with Gasteiger partial charge in [0.05, 0.1) is 11.7 Å². The van der Waals surface area contributed by atoms with Crippen LogP contribution in [0.1, 0.15) is 10.5 Å². The van der Waals surface area contributed by atoms with Gasteiger partial charge in [-0.05, 0) is 6.07 Å². The van der Waals surface area contributed by atoms with Crippen LogP contribution in [0.3, 0.4) is 0 Å². The molecule has 0 atom stereocenters. The molecule has 1 aromatic heterocycles. The Morgan fingerprint density at radius 1 is 1.78 bits per heavy atom. The maximum absolute atomic E-state index is 9.88. The van der Waals surface area contributed by atoms with Gasteiger partial charge in [-0.3, -0.25) is 5.10 Å². The van der Waals surface area contributed by atoms with Gasteiger partial charge in [-0.1, -0.05) is 0 Å². The van der Waals surface area contributed by atoms with E-state index in [1.54, 1.807) is 0 Å². The number of H-pyrrole nitrogens is 1. The number of aromatic amines is 1. The van der Waals surface area contributed by atoms with Crippen molar-refractivity contribution < 1.29 is 27.0 Å². The van der Waals surface area contributed by atoms with Crippen LogP contribution in [0.5, 0.6) is 0 Å². The van der Waals surface area contributed by atoms with Crippen molar-refractivity contribution in [2.75, 3.05) is 0 Å². The number of nitrogens with zero attached hydrogens (tertiary/aromatic N) is 1. The molecule has 0 radical (unpaired) electrons. The van der Waals surface area contributed by atoms with Crippen LogP contribution in [0, 0.1) is 0 Å². The molecule has 0 saturated carbocycles. The van der Waals surface area contributed by atoms with E-state index < -0.39 is 5.97 Å². The summed E-state index contributed by atoms with van der Waals surface area (Å²) in [6.45, 7) is 0. The molecule has 0 spiro atoms. The molecule has 9 heavy (non-hydrogen) atoms. The van der Waals surface area contributed by atoms with E-state index >= 15 is 0 Å². The van der Waals surface area contributed by atoms with Crippen LogP contribution in [0.4, 0.5) is 0 Å². The smallest absolute Gasteiger partial charge is 0.543 e. The van der Waals surface area contributed by atoms with Gasteiger partial charge in [-0.2, -0.15) is 5.10 Å². The van der Waals surface area contributed by atoms with Crippen LogP contribution in [-0.4, -0.2) is 16.2 Å². The van der Waals surface area contributed by atoms with Gasteiger partial charge in [-0.15, -0.1) is 0 Å². The molecule has 0 aliphatic rings. The molecule has 0 fully saturated rings. The van der Waals surface area contributed by atoms with Gasteiger partial charge in [0.15, 0.2) is 0 Å². The van der Waals surface area contributed by atoms with Crippen LogP contribution < -0.4 is 5.11 Å². The van der Waals surface area contributed by atoms with Gasteiger partial charge in [0.1, 0.15) is 0 Å². The number of nitrogens with one attached hydrogen (secondary N) is 1. The number of carboxylic acid groups (broad SMARTS) is 1. The summed E-state index contributed by atoms with van der Waals surface area (Å²) in [7, 11) is 0. The summed E-state index contributed by atoms with van der Waals surface area (Å²) in [5.41, 5.74) is 0.00463. The Morgan fingerprint density at radius 3 is 2.67 bits per heavy atom. The van der Waals surface area contributed by atoms with E-state index in [0.717, 1.165) is 0 Å². The molecule has 0 saturated heterocycles. The van der Waals surface area contributed by atoms with Gasteiger partial charge >= 0.3 is 17.1 Å². The van der Waals surface area contributed by atoms with Crippen molar-refractivity contribution in [1.29, 1.82) is 0 Å². The maximum Gasteiger partial charge on any atom is 1.00 e. The van der Waals surface area contributed by atoms with Crippen LogP contribution in [0.2, 0.25) is 0 Å². The van der Waals surface area contributed by atoms with Crippen molar-refractivity contribution in [1.82, 2.24) is 10.2 Å². The number of carbonyl (C=O) groups excluding carboxylic acids is 1. The molecule has 0 amide bonds. The summed E-state index contributed by atoms with van der Waals surface area (Å²) < 4.78 is 0. The molecule has 0 bridgehead atoms. The standard InChI is InChI=1S/C4H4N2O2.Cu/c7-4(8)3-1-2-5-6-3;/h1-2H,(H,5,6)(H,7,8);/q;+1/p-1. The second-order valence-corrected chi connectivity index (χ2v) is 1.26. The Kier molecular flexibility index (Phi) is 2.98. The molecule has 4 nitrogen and oxygen atoms in total. The molecule has 52 valence electrons. The van der Waals surface area contributed by atoms with Crippen LogP contribution >= 0.6 is 0 Å². The SMILES string of the molecule is O=C([O-])c1ccn[nH]1.[Cu+]. The quantitative estimate of drug-likeness (QED) is 0.543. The third kappa shape index (κ3) is 1.87. The zero-order valence-corrected chi connectivity index (χ0v) is 5.16. The maximum atomic E-state index is 9.88. The van der Waals surface area contributed by atoms with Crippen LogP contribution in [-0.2, 0) is 17.1 Å². The second-order valence-electron chi connectivity index (χ2n) is 1.26. The van der Waals surface area contributed by atoms with E-state index in [4.69, 9.17) is 0 Å². The summed E-state index contributed by atoms with van der Waals surface area (Å²) in [5, 5.41) is 15.5. The molecule has 0 aliphatic heterocycles. The van der Waals surface area contributed by atoms with Gasteiger partial charge in [0.25, 0.3) is 0 Å². The fourth-order valence-corrected chi connectivity index (χ4v) is 0.370. The fraction of sp³-hybridized carbons (Fsp3) is 0. The molecule has 0 unspecified atom stereocenters. The Balaban J connectivity index is 0.000000640. The van der Waals surface area contributed by atoms with Crippen molar-refractivity contribution in [3.63, 3.8) is 0 Å². The van der Waals surface area contributed by atoms with Gasteiger partial charge in [0.2, 0.25) is 0 Å². The number of carbonyl (C=O) groups is 1. The first kappa shape index (κ1) is 8.20. The molecule has 0 aromatic carbocycles. The van der Waals surface area contributed by atoms with E-state index in [1.807, 2.05) is 0 Å². The second kappa shape index (κ2) is 3.27. The minimum absolute atomic E-state index is 0. The molecule has 1 aromatic rings. The van der Waals surface area contributed by atoms with E-state index in [2.05, 4.69) is 10.2 Å². The summed E-state index contributed by atoms with van der Waals surface area (Å²) in [6, 6.07) is 1.33. The third-order valence-corrected chi connectivity index (χ3v) is 0.721. The topological polar surface area (TPSA) is 68.8 Å². The average molecular weight is 175 g/mol. The first-order chi connectivity index (χ1) is 3.80. The van der Waals surface area contributed by atoms with Gasteiger partial charge in [0, 0.05) is 6.20 Å². The Labute approximate surface area is 61.7 Å². The van der Waals surface area contributed by atoms with Crippen molar-refractivity contribution in [3.8, 4) is 0 Å². The first-order valence-electron chi connectivity index (χ1n) is 2.01. The summed E-state index contributed by atoms with van der Waals surface area (Å²) in [5.74, 6) is -1.23. The van der Waals surface area contributed by atoms with Gasteiger partial charge in [-0.25, -0.2) is 0 Å². The number of hydrogen-bond donors (Lipinski definition) is 1. The number of aromatic carboxylic acids is 1. The molecule has 5 heteroatoms. The molecular formula is C4H3CuN2O2. The van der Waals surface area contributed by atoms with Crippen molar-refractivity contribution >= 4 is 5.97 Å². The Hall–Kier alpha value is -0.801. The number of hydrogen-bond acceptors (Lipinski definition) is 3. The predicted octanol–water partition coefficient (Wildman–Crippen LogP) is -1.23. The monoisotopic (exact) mass is 174 g/mol. The molecule has 1 heterocycles. The predicted molar refractivity (Wildman–Crippen MR) is 22.9 cm³/mol. The minimum Gasteiger partial charge on any atom is -0.543 e. The minimum atomic E-state index is -1.23. The van der Waals surface area contributed by atoms with E-state index in [0.29, 0.717) is 0 Å². The summed E-state index contributed by atoms with van der Waals surface area (Å²) in [4.78, 5) is 9.88. The van der Waals surface area contributed by atoms with Crippen molar-refractivity contribution in [2.24, 2.45) is 0 Å². The Bertz CT molecular complexity index is 184. The fourth-order valence-electron chi connectivity index (χ4n) is 0.370. The van der Waals surface area contributed by atoms with Crippen LogP contribution in [0.25, 0.3) is 0 Å². The molecule has 1 N–H and O–H groups in total. The zero-order valence-electron chi connectivity index (χ0n) is 4.22. The van der Waals surface area contributed by atoms with E-state index in [-0.39, 0.29) is 22.8 Å². The summed E-state index contributed by atoms with van der Waals surface area (Å²) >= 11 is 0. The van der Waals surface area contributed by atoms with Crippen LogP contribution in [0.15, 0.2) is 12.3 Å². The normalized spacial score (nSPS) is 8.00. The molecule has 0 aliphatic carbocycles. The van der Waals surface area contributed by atoms with Crippen molar-refractivity contribution in [2.45, 2.75) is 0 Å². The molecule has 1 rings (SSSR count). The zero-order chi connectivity index (χ0) is 5.98. The van der Waals surface area contributed by atoms with E-state index in [1.165, 1.54) is 12.3 Å². The third-order valence-electron chi connectivity index (χ3n) is 0.721. The molecular weight excluding hydrogens is 172 g/mol. The number of carboxylic acids is 1.